The molecule has 1 heterocycles. The van der Waals surface area contributed by atoms with Crippen molar-refractivity contribution in [3.63, 3.8) is 0 Å². The molecule has 1 aliphatic heterocycles. The molecule has 0 fully saturated rings. The second-order valence-corrected chi connectivity index (χ2v) is 4.72. The van der Waals surface area contributed by atoms with E-state index in [-0.39, 0.29) is 0 Å². The third-order valence-electron chi connectivity index (χ3n) is 3.37. The van der Waals surface area contributed by atoms with Gasteiger partial charge in [0.2, 0.25) is 0 Å². The Labute approximate surface area is 115 Å². The summed E-state index contributed by atoms with van der Waals surface area (Å²) in [4.78, 5) is 0. The van der Waals surface area contributed by atoms with Gasteiger partial charge in [0.1, 0.15) is 5.75 Å². The van der Waals surface area contributed by atoms with Crippen LogP contribution < -0.4 is 15.4 Å². The SMILES string of the molecule is COc1c2cccc1CCNCCOCCNCC2. The molecule has 1 aliphatic rings. The zero-order valence-corrected chi connectivity index (χ0v) is 11.7. The molecule has 19 heavy (non-hydrogen) atoms. The number of para-hydroxylation sites is 1. The Morgan fingerprint density at radius 2 is 1.53 bits per heavy atom. The first kappa shape index (κ1) is 14.3. The monoisotopic (exact) mass is 264 g/mol. The Kier molecular flexibility index (Phi) is 6.14. The number of fused-ring (bicyclic) bond motifs is 2. The minimum absolute atomic E-state index is 0.777. The summed E-state index contributed by atoms with van der Waals surface area (Å²) in [7, 11) is 1.76. The van der Waals surface area contributed by atoms with E-state index < -0.39 is 0 Å². The highest BCUT2D eigenvalue weighted by Gasteiger charge is 2.08. The van der Waals surface area contributed by atoms with Crippen molar-refractivity contribution in [3.05, 3.63) is 29.3 Å². The van der Waals surface area contributed by atoms with Crippen molar-refractivity contribution in [1.82, 2.24) is 10.6 Å². The lowest BCUT2D eigenvalue weighted by Crippen LogP contribution is -2.26. The first-order valence-corrected chi connectivity index (χ1v) is 7.06. The Morgan fingerprint density at radius 1 is 0.947 bits per heavy atom. The van der Waals surface area contributed by atoms with Gasteiger partial charge in [0.25, 0.3) is 0 Å². The first-order valence-electron chi connectivity index (χ1n) is 7.06. The highest BCUT2D eigenvalue weighted by Crippen LogP contribution is 2.24. The first-order chi connectivity index (χ1) is 9.42. The smallest absolute Gasteiger partial charge is 0.125 e. The van der Waals surface area contributed by atoms with Crippen LogP contribution in [0.4, 0.5) is 0 Å². The number of benzene rings is 1. The minimum Gasteiger partial charge on any atom is -0.496 e. The van der Waals surface area contributed by atoms with Crippen LogP contribution in [-0.2, 0) is 17.6 Å². The van der Waals surface area contributed by atoms with Crippen molar-refractivity contribution in [2.45, 2.75) is 12.8 Å². The summed E-state index contributed by atoms with van der Waals surface area (Å²) >= 11 is 0. The van der Waals surface area contributed by atoms with Crippen molar-refractivity contribution >= 4 is 0 Å². The second kappa shape index (κ2) is 8.15. The predicted octanol–water partition coefficient (Wildman–Crippen LogP) is 0.990. The van der Waals surface area contributed by atoms with Crippen molar-refractivity contribution in [2.24, 2.45) is 0 Å². The lowest BCUT2D eigenvalue weighted by Gasteiger charge is -2.15. The van der Waals surface area contributed by atoms with Gasteiger partial charge >= 0.3 is 0 Å². The summed E-state index contributed by atoms with van der Waals surface area (Å²) in [6.07, 6.45) is 1.98. The summed E-state index contributed by atoms with van der Waals surface area (Å²) in [6, 6.07) is 6.43. The molecule has 0 saturated heterocycles. The second-order valence-electron chi connectivity index (χ2n) is 4.72. The zero-order chi connectivity index (χ0) is 13.3. The molecule has 0 amide bonds. The number of rotatable bonds is 1. The van der Waals surface area contributed by atoms with Crippen LogP contribution in [0, 0.1) is 0 Å². The average Bonchev–Trinajstić information content (AvgIpc) is 2.44. The quantitative estimate of drug-likeness (QED) is 0.794. The third kappa shape index (κ3) is 4.49. The van der Waals surface area contributed by atoms with E-state index in [1.807, 2.05) is 0 Å². The van der Waals surface area contributed by atoms with Gasteiger partial charge in [-0.15, -0.1) is 0 Å². The molecule has 4 heteroatoms. The number of ether oxygens (including phenoxy) is 2. The predicted molar refractivity (Wildman–Crippen MR) is 77.0 cm³/mol. The third-order valence-corrected chi connectivity index (χ3v) is 3.37. The molecular weight excluding hydrogens is 240 g/mol. The van der Waals surface area contributed by atoms with E-state index >= 15 is 0 Å². The normalized spacial score (nSPS) is 18.6. The molecule has 0 saturated carbocycles. The maximum Gasteiger partial charge on any atom is 0.125 e. The van der Waals surface area contributed by atoms with Crippen LogP contribution in [0.25, 0.3) is 0 Å². The van der Waals surface area contributed by atoms with E-state index in [9.17, 15) is 0 Å². The largest absolute Gasteiger partial charge is 0.496 e. The molecule has 0 radical (unpaired) electrons. The van der Waals surface area contributed by atoms with Crippen LogP contribution >= 0.6 is 0 Å². The van der Waals surface area contributed by atoms with E-state index in [0.717, 1.165) is 58.0 Å². The fourth-order valence-corrected chi connectivity index (χ4v) is 2.38. The fraction of sp³-hybridized carbons (Fsp3) is 0.600. The summed E-state index contributed by atoms with van der Waals surface area (Å²) in [5.41, 5.74) is 2.57. The van der Waals surface area contributed by atoms with Crippen LogP contribution in [0.2, 0.25) is 0 Å². The molecule has 2 N–H and O–H groups in total. The Morgan fingerprint density at radius 3 is 2.05 bits per heavy atom. The Hall–Kier alpha value is -1.10. The summed E-state index contributed by atoms with van der Waals surface area (Å²) in [5.74, 6) is 1.06. The number of nitrogens with one attached hydrogen (secondary N) is 2. The van der Waals surface area contributed by atoms with Gasteiger partial charge in [-0.25, -0.2) is 0 Å². The van der Waals surface area contributed by atoms with Crippen LogP contribution in [0.3, 0.4) is 0 Å². The van der Waals surface area contributed by atoms with Gasteiger partial charge in [0.05, 0.1) is 20.3 Å². The molecule has 106 valence electrons. The van der Waals surface area contributed by atoms with Gasteiger partial charge in [-0.3, -0.25) is 0 Å². The van der Waals surface area contributed by atoms with Crippen LogP contribution in [-0.4, -0.2) is 46.5 Å². The van der Waals surface area contributed by atoms with E-state index in [0.29, 0.717) is 0 Å². The van der Waals surface area contributed by atoms with Gasteiger partial charge in [0, 0.05) is 13.1 Å². The topological polar surface area (TPSA) is 42.5 Å². The summed E-state index contributed by atoms with van der Waals surface area (Å²) < 4.78 is 11.1. The molecule has 1 aromatic rings. The van der Waals surface area contributed by atoms with Crippen molar-refractivity contribution in [3.8, 4) is 5.75 Å². The van der Waals surface area contributed by atoms with E-state index in [1.54, 1.807) is 7.11 Å². The van der Waals surface area contributed by atoms with Gasteiger partial charge in [-0.2, -0.15) is 0 Å². The molecule has 0 unspecified atom stereocenters. The molecule has 0 aliphatic carbocycles. The van der Waals surface area contributed by atoms with Gasteiger partial charge < -0.3 is 20.1 Å². The standard InChI is InChI=1S/C15H24N2O2/c1-18-15-13-3-2-4-14(15)6-8-17-10-12-19-11-9-16-7-5-13/h2-4,16-17H,5-12H2,1H3. The molecule has 4 nitrogen and oxygen atoms in total. The zero-order valence-electron chi connectivity index (χ0n) is 11.7. The van der Waals surface area contributed by atoms with Gasteiger partial charge in [-0.1, -0.05) is 18.2 Å². The maximum absolute atomic E-state index is 5.60. The lowest BCUT2D eigenvalue weighted by molar-refractivity contribution is 0.138. The number of methoxy groups -OCH3 is 1. The van der Waals surface area contributed by atoms with Crippen molar-refractivity contribution in [1.29, 1.82) is 0 Å². The highest BCUT2D eigenvalue weighted by molar-refractivity contribution is 5.42. The molecule has 1 aromatic carbocycles. The van der Waals surface area contributed by atoms with Crippen LogP contribution in [0.5, 0.6) is 5.75 Å². The molecule has 2 rings (SSSR count). The molecule has 0 aromatic heterocycles. The van der Waals surface area contributed by atoms with Crippen molar-refractivity contribution < 1.29 is 9.47 Å². The fourth-order valence-electron chi connectivity index (χ4n) is 2.38. The van der Waals surface area contributed by atoms with E-state index in [4.69, 9.17) is 9.47 Å². The Bertz CT molecular complexity index is 352. The van der Waals surface area contributed by atoms with Crippen LogP contribution in [0.1, 0.15) is 11.1 Å². The van der Waals surface area contributed by atoms with Crippen LogP contribution in [0.15, 0.2) is 18.2 Å². The van der Waals surface area contributed by atoms with Crippen molar-refractivity contribution in [2.75, 3.05) is 46.5 Å². The Balaban J connectivity index is 2.07. The molecule has 0 atom stereocenters. The van der Waals surface area contributed by atoms with Gasteiger partial charge in [0.15, 0.2) is 0 Å². The minimum atomic E-state index is 0.777. The van der Waals surface area contributed by atoms with E-state index in [1.165, 1.54) is 11.1 Å². The molecule has 2 bridgehead atoms. The highest BCUT2D eigenvalue weighted by atomic mass is 16.5. The molecule has 0 spiro atoms. The number of hydrogen-bond acceptors (Lipinski definition) is 4. The summed E-state index contributed by atoms with van der Waals surface area (Å²) in [5, 5.41) is 6.80. The van der Waals surface area contributed by atoms with Gasteiger partial charge in [-0.05, 0) is 37.1 Å². The average molecular weight is 264 g/mol. The lowest BCUT2D eigenvalue weighted by atomic mass is 10.0. The molecular formula is C15H24N2O2. The summed E-state index contributed by atoms with van der Waals surface area (Å²) in [6.45, 7) is 5.28. The number of hydrogen-bond donors (Lipinski definition) is 2. The van der Waals surface area contributed by atoms with E-state index in [2.05, 4.69) is 28.8 Å². The maximum atomic E-state index is 5.60.